The molecule has 110 valence electrons. The molecular weight excluding hydrogens is 278 g/mol. The quantitative estimate of drug-likeness (QED) is 0.875. The minimum absolute atomic E-state index is 0.134. The van der Waals surface area contributed by atoms with Crippen LogP contribution in [0.15, 0.2) is 23.2 Å². The summed E-state index contributed by atoms with van der Waals surface area (Å²) >= 11 is 0. The Labute approximate surface area is 119 Å². The van der Waals surface area contributed by atoms with E-state index in [1.165, 1.54) is 19.4 Å². The Hall–Kier alpha value is -1.18. The molecule has 6 nitrogen and oxygen atoms in total. The average molecular weight is 297 g/mol. The number of sulfonamides is 1. The van der Waals surface area contributed by atoms with Crippen molar-refractivity contribution < 1.29 is 13.2 Å². The number of pyridine rings is 1. The summed E-state index contributed by atoms with van der Waals surface area (Å²) < 4.78 is 31.6. The second-order valence-corrected chi connectivity index (χ2v) is 7.46. The van der Waals surface area contributed by atoms with Gasteiger partial charge in [0.25, 0.3) is 0 Å². The smallest absolute Gasteiger partial charge is 0.244 e. The first-order valence-electron chi connectivity index (χ1n) is 6.78. The summed E-state index contributed by atoms with van der Waals surface area (Å²) in [4.78, 5) is 4.18. The molecule has 2 aliphatic rings. The van der Waals surface area contributed by atoms with Crippen LogP contribution in [0.5, 0.6) is 5.88 Å². The second-order valence-electron chi connectivity index (χ2n) is 5.52. The van der Waals surface area contributed by atoms with Crippen molar-refractivity contribution in [3.63, 3.8) is 0 Å². The van der Waals surface area contributed by atoms with E-state index in [9.17, 15) is 8.42 Å². The number of ether oxygens (including phenoxy) is 1. The van der Waals surface area contributed by atoms with Crippen molar-refractivity contribution in [3.8, 4) is 5.88 Å². The van der Waals surface area contributed by atoms with Crippen molar-refractivity contribution in [1.82, 2.24) is 9.29 Å². The normalized spacial score (nSPS) is 30.4. The Kier molecular flexibility index (Phi) is 3.43. The molecule has 0 radical (unpaired) electrons. The number of methoxy groups -OCH3 is 1. The van der Waals surface area contributed by atoms with Gasteiger partial charge in [-0.15, -0.1) is 0 Å². The molecule has 3 atom stereocenters. The van der Waals surface area contributed by atoms with E-state index in [2.05, 4.69) is 4.98 Å². The third kappa shape index (κ3) is 2.19. The topological polar surface area (TPSA) is 85.5 Å². The number of aromatic nitrogens is 1. The zero-order valence-electron chi connectivity index (χ0n) is 11.4. The van der Waals surface area contributed by atoms with E-state index in [0.29, 0.717) is 30.8 Å². The van der Waals surface area contributed by atoms with Gasteiger partial charge in [-0.1, -0.05) is 0 Å². The molecule has 7 heteroatoms. The van der Waals surface area contributed by atoms with Crippen LogP contribution in [0.25, 0.3) is 0 Å². The number of nitrogens with zero attached hydrogens (tertiary/aromatic N) is 2. The maximum absolute atomic E-state index is 12.6. The van der Waals surface area contributed by atoms with E-state index < -0.39 is 10.0 Å². The molecule has 1 saturated heterocycles. The van der Waals surface area contributed by atoms with Gasteiger partial charge in [-0.05, 0) is 30.7 Å². The van der Waals surface area contributed by atoms with Crippen molar-refractivity contribution in [2.75, 3.05) is 20.2 Å². The zero-order valence-corrected chi connectivity index (χ0v) is 12.2. The molecule has 1 aliphatic carbocycles. The lowest BCUT2D eigenvalue weighted by Gasteiger charge is -2.18. The summed E-state index contributed by atoms with van der Waals surface area (Å²) in [6.07, 6.45) is 3.38. The Balaban J connectivity index is 1.82. The van der Waals surface area contributed by atoms with Crippen molar-refractivity contribution >= 4 is 10.0 Å². The summed E-state index contributed by atoms with van der Waals surface area (Å²) in [7, 11) is -1.97. The van der Waals surface area contributed by atoms with Crippen molar-refractivity contribution in [2.45, 2.75) is 23.8 Å². The van der Waals surface area contributed by atoms with E-state index in [1.54, 1.807) is 10.4 Å². The van der Waals surface area contributed by atoms with Crippen LogP contribution >= 0.6 is 0 Å². The second kappa shape index (κ2) is 4.98. The van der Waals surface area contributed by atoms with Gasteiger partial charge in [0.1, 0.15) is 4.90 Å². The SMILES string of the molecule is COc1ccc(S(=O)(=O)N2CC3CCC(N)C3C2)cn1. The number of hydrogen-bond donors (Lipinski definition) is 1. The highest BCUT2D eigenvalue weighted by molar-refractivity contribution is 7.89. The molecule has 0 amide bonds. The molecule has 0 bridgehead atoms. The number of rotatable bonds is 3. The number of hydrogen-bond acceptors (Lipinski definition) is 5. The third-order valence-corrected chi connectivity index (χ3v) is 6.25. The molecule has 2 heterocycles. The van der Waals surface area contributed by atoms with E-state index in [-0.39, 0.29) is 10.9 Å². The first kappa shape index (κ1) is 13.8. The van der Waals surface area contributed by atoms with Crippen LogP contribution < -0.4 is 10.5 Å². The first-order valence-corrected chi connectivity index (χ1v) is 8.22. The van der Waals surface area contributed by atoms with Crippen LogP contribution in [0, 0.1) is 11.8 Å². The van der Waals surface area contributed by atoms with E-state index in [0.717, 1.165) is 12.8 Å². The highest BCUT2D eigenvalue weighted by Crippen LogP contribution is 2.39. The van der Waals surface area contributed by atoms with Crippen molar-refractivity contribution in [2.24, 2.45) is 17.6 Å². The van der Waals surface area contributed by atoms with Crippen LogP contribution in [0.3, 0.4) is 0 Å². The molecule has 0 spiro atoms. The van der Waals surface area contributed by atoms with Gasteiger partial charge in [-0.3, -0.25) is 0 Å². The first-order chi connectivity index (χ1) is 9.52. The standard InChI is InChI=1S/C13H19N3O3S/c1-19-13-5-3-10(6-15-13)20(17,18)16-7-9-2-4-12(14)11(9)8-16/h3,5-6,9,11-12H,2,4,7-8,14H2,1H3. The van der Waals surface area contributed by atoms with Crippen LogP contribution in [-0.2, 0) is 10.0 Å². The van der Waals surface area contributed by atoms with Gasteiger partial charge < -0.3 is 10.5 Å². The molecule has 3 unspecified atom stereocenters. The predicted molar refractivity (Wildman–Crippen MR) is 73.7 cm³/mol. The minimum atomic E-state index is -3.47. The van der Waals surface area contributed by atoms with Crippen molar-refractivity contribution in [3.05, 3.63) is 18.3 Å². The fourth-order valence-electron chi connectivity index (χ4n) is 3.25. The van der Waals surface area contributed by atoms with Gasteiger partial charge in [0, 0.05) is 25.2 Å². The molecule has 20 heavy (non-hydrogen) atoms. The van der Waals surface area contributed by atoms with Gasteiger partial charge in [-0.2, -0.15) is 4.31 Å². The molecule has 1 saturated carbocycles. The number of fused-ring (bicyclic) bond motifs is 1. The fraction of sp³-hybridized carbons (Fsp3) is 0.615. The van der Waals surface area contributed by atoms with E-state index in [1.807, 2.05) is 0 Å². The highest BCUT2D eigenvalue weighted by Gasteiger charge is 2.45. The van der Waals surface area contributed by atoms with E-state index in [4.69, 9.17) is 10.5 Å². The van der Waals surface area contributed by atoms with Gasteiger partial charge in [-0.25, -0.2) is 13.4 Å². The molecule has 1 aromatic heterocycles. The lowest BCUT2D eigenvalue weighted by molar-refractivity contribution is 0.396. The Morgan fingerprint density at radius 1 is 1.35 bits per heavy atom. The van der Waals surface area contributed by atoms with Crippen molar-refractivity contribution in [1.29, 1.82) is 0 Å². The predicted octanol–water partition coefficient (Wildman–Crippen LogP) is 0.448. The maximum Gasteiger partial charge on any atom is 0.244 e. The maximum atomic E-state index is 12.6. The van der Waals surface area contributed by atoms with E-state index >= 15 is 0 Å². The van der Waals surface area contributed by atoms with Gasteiger partial charge >= 0.3 is 0 Å². The Bertz CT molecular complexity index is 587. The van der Waals surface area contributed by atoms with Crippen LogP contribution in [0.2, 0.25) is 0 Å². The Morgan fingerprint density at radius 2 is 2.15 bits per heavy atom. The molecule has 2 N–H and O–H groups in total. The summed E-state index contributed by atoms with van der Waals surface area (Å²) in [6.45, 7) is 1.10. The molecule has 1 aromatic rings. The summed E-state index contributed by atoms with van der Waals surface area (Å²) in [6, 6.07) is 3.24. The molecule has 1 aliphatic heterocycles. The van der Waals surface area contributed by atoms with Crippen LogP contribution in [0.4, 0.5) is 0 Å². The fourth-order valence-corrected chi connectivity index (χ4v) is 4.73. The summed E-state index contributed by atoms with van der Waals surface area (Å²) in [5, 5.41) is 0. The molecule has 3 rings (SSSR count). The highest BCUT2D eigenvalue weighted by atomic mass is 32.2. The van der Waals surface area contributed by atoms with Crippen LogP contribution in [-0.4, -0.2) is 43.9 Å². The average Bonchev–Trinajstić information content (AvgIpc) is 3.02. The van der Waals surface area contributed by atoms with Crippen LogP contribution in [0.1, 0.15) is 12.8 Å². The largest absolute Gasteiger partial charge is 0.481 e. The lowest BCUT2D eigenvalue weighted by Crippen LogP contribution is -2.33. The third-order valence-electron chi connectivity index (χ3n) is 4.43. The van der Waals surface area contributed by atoms with Gasteiger partial charge in [0.05, 0.1) is 13.3 Å². The minimum Gasteiger partial charge on any atom is -0.481 e. The zero-order chi connectivity index (χ0) is 14.3. The monoisotopic (exact) mass is 297 g/mol. The molecular formula is C13H19N3O3S. The number of nitrogens with two attached hydrogens (primary N) is 1. The van der Waals surface area contributed by atoms with Gasteiger partial charge in [0.15, 0.2) is 0 Å². The molecule has 0 aromatic carbocycles. The lowest BCUT2D eigenvalue weighted by atomic mass is 9.98. The summed E-state index contributed by atoms with van der Waals surface area (Å²) in [5.74, 6) is 1.12. The molecule has 2 fully saturated rings. The summed E-state index contributed by atoms with van der Waals surface area (Å²) in [5.41, 5.74) is 6.05. The Morgan fingerprint density at radius 3 is 2.75 bits per heavy atom. The van der Waals surface area contributed by atoms with Gasteiger partial charge in [0.2, 0.25) is 15.9 Å².